The molecule has 4 nitrogen and oxygen atoms in total. The molecule has 0 fully saturated rings. The molecule has 118 valence electrons. The van der Waals surface area contributed by atoms with Crippen LogP contribution in [0.5, 0.6) is 0 Å². The molecule has 2 aromatic rings. The minimum absolute atomic E-state index is 0.473. The predicted molar refractivity (Wildman–Crippen MR) is 94.5 cm³/mol. The first-order chi connectivity index (χ1) is 10.7. The van der Waals surface area contributed by atoms with Gasteiger partial charge in [0.15, 0.2) is 5.96 Å². The second kappa shape index (κ2) is 8.54. The van der Waals surface area contributed by atoms with Crippen LogP contribution in [-0.4, -0.2) is 24.0 Å². The Hall–Kier alpha value is -1.88. The fraction of sp³-hybridized carbons (Fsp3) is 0.412. The van der Waals surface area contributed by atoms with Gasteiger partial charge in [-0.1, -0.05) is 19.1 Å². The zero-order chi connectivity index (χ0) is 15.8. The summed E-state index contributed by atoms with van der Waals surface area (Å²) in [6.07, 6.45) is 1.82. The Bertz CT molecular complexity index is 592. The quantitative estimate of drug-likeness (QED) is 0.635. The zero-order valence-corrected chi connectivity index (χ0v) is 14.3. The molecule has 0 aliphatic carbocycles. The van der Waals surface area contributed by atoms with Gasteiger partial charge in [0, 0.05) is 30.1 Å². The van der Waals surface area contributed by atoms with Crippen molar-refractivity contribution in [1.29, 1.82) is 0 Å². The van der Waals surface area contributed by atoms with Gasteiger partial charge in [0.05, 0.1) is 12.2 Å². The lowest BCUT2D eigenvalue weighted by atomic mass is 10.1. The molecule has 1 unspecified atom stereocenters. The number of rotatable bonds is 6. The van der Waals surface area contributed by atoms with E-state index in [0.717, 1.165) is 24.7 Å². The number of aliphatic imine (C=N–C) groups is 1. The van der Waals surface area contributed by atoms with E-state index >= 15 is 0 Å². The van der Waals surface area contributed by atoms with E-state index in [1.54, 1.807) is 11.3 Å². The van der Waals surface area contributed by atoms with Crippen molar-refractivity contribution in [2.45, 2.75) is 33.2 Å². The number of pyridine rings is 1. The normalized spacial score (nSPS) is 13.0. The van der Waals surface area contributed by atoms with Crippen molar-refractivity contribution in [3.63, 3.8) is 0 Å². The minimum atomic E-state index is 0.473. The van der Waals surface area contributed by atoms with Gasteiger partial charge in [0.2, 0.25) is 0 Å². The van der Waals surface area contributed by atoms with Crippen LogP contribution in [0.15, 0.2) is 40.8 Å². The Morgan fingerprint density at radius 1 is 1.32 bits per heavy atom. The molecule has 1 atom stereocenters. The Kier molecular flexibility index (Phi) is 6.40. The molecule has 5 heteroatoms. The van der Waals surface area contributed by atoms with E-state index in [1.165, 1.54) is 10.4 Å². The molecule has 0 aliphatic heterocycles. The smallest absolute Gasteiger partial charge is 0.191 e. The van der Waals surface area contributed by atoms with E-state index in [4.69, 9.17) is 0 Å². The number of guanidine groups is 1. The highest BCUT2D eigenvalue weighted by Gasteiger charge is 2.07. The first-order valence-corrected chi connectivity index (χ1v) is 8.54. The molecule has 0 spiro atoms. The summed E-state index contributed by atoms with van der Waals surface area (Å²) in [6.45, 7) is 8.68. The summed E-state index contributed by atoms with van der Waals surface area (Å²) in [5, 5.41) is 8.82. The molecule has 2 aromatic heterocycles. The van der Waals surface area contributed by atoms with Crippen LogP contribution in [0.25, 0.3) is 0 Å². The van der Waals surface area contributed by atoms with Crippen molar-refractivity contribution in [3.05, 3.63) is 52.0 Å². The van der Waals surface area contributed by atoms with Crippen LogP contribution in [0.1, 0.15) is 35.9 Å². The number of nitrogens with zero attached hydrogens (tertiary/aromatic N) is 2. The van der Waals surface area contributed by atoms with E-state index in [-0.39, 0.29) is 0 Å². The number of thiophene rings is 1. The van der Waals surface area contributed by atoms with Crippen LogP contribution in [0.2, 0.25) is 0 Å². The predicted octanol–water partition coefficient (Wildman–Crippen LogP) is 3.31. The molecular formula is C17H24N4S. The molecule has 0 radical (unpaired) electrons. The number of nitrogens with one attached hydrogen (secondary N) is 2. The first-order valence-electron chi connectivity index (χ1n) is 7.66. The topological polar surface area (TPSA) is 49.3 Å². The van der Waals surface area contributed by atoms with Gasteiger partial charge in [0.1, 0.15) is 0 Å². The number of hydrogen-bond donors (Lipinski definition) is 2. The molecule has 0 bridgehead atoms. The lowest BCUT2D eigenvalue weighted by molar-refractivity contribution is 0.708. The molecule has 2 rings (SSSR count). The molecule has 2 heterocycles. The van der Waals surface area contributed by atoms with Gasteiger partial charge in [0.25, 0.3) is 0 Å². The summed E-state index contributed by atoms with van der Waals surface area (Å²) in [5.74, 6) is 1.32. The molecule has 0 saturated carbocycles. The van der Waals surface area contributed by atoms with Crippen LogP contribution in [0.4, 0.5) is 0 Å². The van der Waals surface area contributed by atoms with Crippen molar-refractivity contribution in [1.82, 2.24) is 15.6 Å². The van der Waals surface area contributed by atoms with Gasteiger partial charge in [-0.25, -0.2) is 4.99 Å². The Morgan fingerprint density at radius 2 is 2.18 bits per heavy atom. The van der Waals surface area contributed by atoms with Gasteiger partial charge >= 0.3 is 0 Å². The summed E-state index contributed by atoms with van der Waals surface area (Å²) in [6, 6.07) is 8.30. The van der Waals surface area contributed by atoms with Crippen LogP contribution >= 0.6 is 11.3 Å². The number of aromatic nitrogens is 1. The van der Waals surface area contributed by atoms with Crippen molar-refractivity contribution in [2.24, 2.45) is 4.99 Å². The lowest BCUT2D eigenvalue weighted by Gasteiger charge is -2.15. The maximum Gasteiger partial charge on any atom is 0.191 e. The van der Waals surface area contributed by atoms with Crippen molar-refractivity contribution in [3.8, 4) is 0 Å². The molecular weight excluding hydrogens is 292 g/mol. The van der Waals surface area contributed by atoms with Gasteiger partial charge in [-0.2, -0.15) is 0 Å². The highest BCUT2D eigenvalue weighted by atomic mass is 32.1. The number of hydrogen-bond acceptors (Lipinski definition) is 3. The Labute approximate surface area is 136 Å². The van der Waals surface area contributed by atoms with Crippen molar-refractivity contribution >= 4 is 17.3 Å². The van der Waals surface area contributed by atoms with Crippen LogP contribution < -0.4 is 10.6 Å². The van der Waals surface area contributed by atoms with Gasteiger partial charge in [-0.05, 0) is 36.9 Å². The van der Waals surface area contributed by atoms with E-state index in [0.29, 0.717) is 12.5 Å². The molecule has 2 N–H and O–H groups in total. The molecule has 0 amide bonds. The maximum absolute atomic E-state index is 4.63. The minimum Gasteiger partial charge on any atom is -0.357 e. The summed E-state index contributed by atoms with van der Waals surface area (Å²) in [5.41, 5.74) is 2.19. The fourth-order valence-corrected chi connectivity index (χ4v) is 2.89. The van der Waals surface area contributed by atoms with Crippen LogP contribution in [0.3, 0.4) is 0 Å². The first kappa shape index (κ1) is 16.5. The molecule has 0 aliphatic rings. The third-order valence-electron chi connectivity index (χ3n) is 3.45. The standard InChI is InChI=1S/C17H24N4S/c1-4-18-17(20-11-14(3)16-8-6-10-22-16)21-12-15-13(2)7-5-9-19-15/h5-10,14H,4,11-12H2,1-3H3,(H2,18,20,21). The number of aryl methyl sites for hydroxylation is 1. The third kappa shape index (κ3) is 4.84. The van der Waals surface area contributed by atoms with Crippen molar-refractivity contribution in [2.75, 3.05) is 13.1 Å². The summed E-state index contributed by atoms with van der Waals surface area (Å²) in [4.78, 5) is 10.4. The van der Waals surface area contributed by atoms with E-state index < -0.39 is 0 Å². The summed E-state index contributed by atoms with van der Waals surface area (Å²) >= 11 is 1.80. The average Bonchev–Trinajstić information content (AvgIpc) is 3.05. The van der Waals surface area contributed by atoms with E-state index in [1.807, 2.05) is 12.3 Å². The highest BCUT2D eigenvalue weighted by molar-refractivity contribution is 7.10. The molecule has 0 aromatic carbocycles. The summed E-state index contributed by atoms with van der Waals surface area (Å²) in [7, 11) is 0. The summed E-state index contributed by atoms with van der Waals surface area (Å²) < 4.78 is 0. The SMILES string of the molecule is CCNC(=NCc1ncccc1C)NCC(C)c1cccs1. The zero-order valence-electron chi connectivity index (χ0n) is 13.5. The average molecular weight is 316 g/mol. The van der Waals surface area contributed by atoms with Crippen LogP contribution in [0, 0.1) is 6.92 Å². The largest absolute Gasteiger partial charge is 0.357 e. The van der Waals surface area contributed by atoms with E-state index in [2.05, 4.69) is 65.0 Å². The van der Waals surface area contributed by atoms with Gasteiger partial charge in [-0.15, -0.1) is 11.3 Å². The van der Waals surface area contributed by atoms with Gasteiger partial charge in [-0.3, -0.25) is 4.98 Å². The Morgan fingerprint density at radius 3 is 2.86 bits per heavy atom. The van der Waals surface area contributed by atoms with Crippen LogP contribution in [-0.2, 0) is 6.54 Å². The highest BCUT2D eigenvalue weighted by Crippen LogP contribution is 2.19. The van der Waals surface area contributed by atoms with E-state index in [9.17, 15) is 0 Å². The second-order valence-electron chi connectivity index (χ2n) is 5.26. The fourth-order valence-electron chi connectivity index (χ4n) is 2.10. The molecule has 22 heavy (non-hydrogen) atoms. The lowest BCUT2D eigenvalue weighted by Crippen LogP contribution is -2.39. The maximum atomic E-state index is 4.63. The second-order valence-corrected chi connectivity index (χ2v) is 6.24. The third-order valence-corrected chi connectivity index (χ3v) is 4.56. The molecule has 0 saturated heterocycles. The monoisotopic (exact) mass is 316 g/mol. The van der Waals surface area contributed by atoms with Gasteiger partial charge < -0.3 is 10.6 Å². The van der Waals surface area contributed by atoms with Crippen molar-refractivity contribution < 1.29 is 0 Å². The Balaban J connectivity index is 1.94.